The Balaban J connectivity index is 1.85. The number of carbonyl (C=O) groups is 1. The Morgan fingerprint density at radius 1 is 1.15 bits per heavy atom. The lowest BCUT2D eigenvalue weighted by molar-refractivity contribution is 0.0726. The highest BCUT2D eigenvalue weighted by molar-refractivity contribution is 5.92. The van der Waals surface area contributed by atoms with Gasteiger partial charge in [-0.05, 0) is 23.6 Å². The number of carbonyl (C=O) groups excluding carboxylic acids is 1. The molecular weight excluding hydrogens is 254 g/mol. The first-order valence-corrected chi connectivity index (χ1v) is 6.55. The second-order valence-electron chi connectivity index (χ2n) is 4.93. The minimum absolute atomic E-state index is 0.130. The molecule has 2 aromatic rings. The lowest BCUT2D eigenvalue weighted by atomic mass is 10.00. The van der Waals surface area contributed by atoms with Crippen LogP contribution in [0, 0.1) is 0 Å². The summed E-state index contributed by atoms with van der Waals surface area (Å²) < 4.78 is 1.19. The summed E-state index contributed by atoms with van der Waals surface area (Å²) in [6.07, 6.45) is 0.855. The van der Waals surface area contributed by atoms with Crippen molar-refractivity contribution in [3.63, 3.8) is 0 Å². The molecule has 0 unspecified atom stereocenters. The van der Waals surface area contributed by atoms with Crippen LogP contribution in [0.3, 0.4) is 0 Å². The lowest BCUT2D eigenvalue weighted by Gasteiger charge is -2.28. The molecule has 2 heterocycles. The van der Waals surface area contributed by atoms with Gasteiger partial charge in [-0.2, -0.15) is 5.10 Å². The summed E-state index contributed by atoms with van der Waals surface area (Å²) >= 11 is 0. The van der Waals surface area contributed by atoms with Gasteiger partial charge in [0.05, 0.1) is 0 Å². The number of benzene rings is 1. The molecule has 1 aromatic carbocycles. The van der Waals surface area contributed by atoms with Crippen molar-refractivity contribution in [2.75, 3.05) is 6.54 Å². The van der Waals surface area contributed by atoms with Gasteiger partial charge in [-0.25, -0.2) is 4.68 Å². The predicted octanol–water partition coefficient (Wildman–Crippen LogP) is 0.979. The molecule has 0 fully saturated rings. The molecule has 1 aliphatic heterocycles. The Bertz CT molecular complexity index is 721. The van der Waals surface area contributed by atoms with E-state index < -0.39 is 0 Å². The molecule has 1 aliphatic rings. The maximum absolute atomic E-state index is 12.4. The molecule has 0 bridgehead atoms. The van der Waals surface area contributed by atoms with Crippen molar-refractivity contribution in [2.45, 2.75) is 13.0 Å². The van der Waals surface area contributed by atoms with E-state index in [9.17, 15) is 9.59 Å². The largest absolute Gasteiger partial charge is 0.333 e. The van der Waals surface area contributed by atoms with Crippen molar-refractivity contribution in [2.24, 2.45) is 7.05 Å². The Labute approximate surface area is 116 Å². The number of hydrogen-bond donors (Lipinski definition) is 0. The maximum Gasteiger partial charge on any atom is 0.274 e. The smallest absolute Gasteiger partial charge is 0.274 e. The van der Waals surface area contributed by atoms with Gasteiger partial charge in [0, 0.05) is 26.2 Å². The second kappa shape index (κ2) is 4.92. The topological polar surface area (TPSA) is 55.2 Å². The van der Waals surface area contributed by atoms with Crippen LogP contribution in [-0.4, -0.2) is 27.1 Å². The van der Waals surface area contributed by atoms with Crippen LogP contribution in [0.15, 0.2) is 41.2 Å². The summed E-state index contributed by atoms with van der Waals surface area (Å²) in [5.74, 6) is -0.130. The Morgan fingerprint density at radius 3 is 2.65 bits per heavy atom. The summed E-state index contributed by atoms with van der Waals surface area (Å²) in [5.41, 5.74) is 2.57. The molecule has 1 aromatic heterocycles. The van der Waals surface area contributed by atoms with Crippen LogP contribution >= 0.6 is 0 Å². The molecule has 0 saturated carbocycles. The minimum Gasteiger partial charge on any atom is -0.333 e. The zero-order valence-electron chi connectivity index (χ0n) is 11.2. The third-order valence-corrected chi connectivity index (χ3v) is 3.60. The first kappa shape index (κ1) is 12.6. The minimum atomic E-state index is -0.217. The summed E-state index contributed by atoms with van der Waals surface area (Å²) in [6, 6.07) is 11.0. The van der Waals surface area contributed by atoms with E-state index >= 15 is 0 Å². The van der Waals surface area contributed by atoms with Crippen LogP contribution < -0.4 is 5.56 Å². The zero-order chi connectivity index (χ0) is 14.1. The number of amides is 1. The molecule has 3 rings (SSSR count). The Kier molecular flexibility index (Phi) is 3.10. The van der Waals surface area contributed by atoms with Crippen LogP contribution in [0.25, 0.3) is 0 Å². The van der Waals surface area contributed by atoms with Crippen LogP contribution in [0.2, 0.25) is 0 Å². The zero-order valence-corrected chi connectivity index (χ0v) is 11.2. The standard InChI is InChI=1S/C15H15N3O2/c1-17-14(19)7-6-13(16-17)15(20)18-9-8-11-4-2-3-5-12(11)10-18/h2-7H,8-10H2,1H3. The predicted molar refractivity (Wildman–Crippen MR) is 74.4 cm³/mol. The van der Waals surface area contributed by atoms with Crippen LogP contribution in [0.4, 0.5) is 0 Å². The Morgan fingerprint density at radius 2 is 1.90 bits per heavy atom. The van der Waals surface area contributed by atoms with Gasteiger partial charge in [0.1, 0.15) is 5.69 Å². The van der Waals surface area contributed by atoms with Gasteiger partial charge in [0.25, 0.3) is 11.5 Å². The van der Waals surface area contributed by atoms with Crippen molar-refractivity contribution in [3.05, 3.63) is 63.6 Å². The van der Waals surface area contributed by atoms with Gasteiger partial charge in [-0.3, -0.25) is 9.59 Å². The lowest BCUT2D eigenvalue weighted by Crippen LogP contribution is -2.37. The van der Waals surface area contributed by atoms with E-state index in [1.807, 2.05) is 18.2 Å². The van der Waals surface area contributed by atoms with Crippen LogP contribution in [0.5, 0.6) is 0 Å². The molecule has 0 radical (unpaired) electrons. The number of nitrogens with zero attached hydrogens (tertiary/aromatic N) is 3. The highest BCUT2D eigenvalue weighted by Crippen LogP contribution is 2.19. The monoisotopic (exact) mass is 269 g/mol. The third kappa shape index (κ3) is 2.22. The fourth-order valence-corrected chi connectivity index (χ4v) is 2.45. The summed E-state index contributed by atoms with van der Waals surface area (Å²) in [6.45, 7) is 1.28. The van der Waals surface area contributed by atoms with Crippen molar-refractivity contribution in [1.29, 1.82) is 0 Å². The third-order valence-electron chi connectivity index (χ3n) is 3.60. The number of fused-ring (bicyclic) bond motifs is 1. The molecule has 1 amide bonds. The van der Waals surface area contributed by atoms with Crippen LogP contribution in [-0.2, 0) is 20.0 Å². The van der Waals surface area contributed by atoms with Gasteiger partial charge in [-0.15, -0.1) is 0 Å². The molecule has 0 aliphatic carbocycles. The maximum atomic E-state index is 12.4. The normalized spacial score (nSPS) is 13.9. The Hall–Kier alpha value is -2.43. The van der Waals surface area contributed by atoms with E-state index in [1.165, 1.54) is 27.9 Å². The molecule has 102 valence electrons. The quantitative estimate of drug-likeness (QED) is 0.775. The summed E-state index contributed by atoms with van der Waals surface area (Å²) in [4.78, 5) is 25.5. The van der Waals surface area contributed by atoms with E-state index in [1.54, 1.807) is 11.9 Å². The van der Waals surface area contributed by atoms with Crippen LogP contribution in [0.1, 0.15) is 21.6 Å². The van der Waals surface area contributed by atoms with Gasteiger partial charge in [0.2, 0.25) is 0 Å². The molecule has 0 spiro atoms. The average molecular weight is 269 g/mol. The number of rotatable bonds is 1. The van der Waals surface area contributed by atoms with Crippen molar-refractivity contribution in [3.8, 4) is 0 Å². The van der Waals surface area contributed by atoms with E-state index in [2.05, 4.69) is 11.2 Å². The van der Waals surface area contributed by atoms with Crippen molar-refractivity contribution >= 4 is 5.91 Å². The molecule has 0 N–H and O–H groups in total. The molecule has 0 atom stereocenters. The molecule has 0 saturated heterocycles. The van der Waals surface area contributed by atoms with Gasteiger partial charge >= 0.3 is 0 Å². The average Bonchev–Trinajstić information content (AvgIpc) is 2.49. The van der Waals surface area contributed by atoms with Gasteiger partial charge in [-0.1, -0.05) is 24.3 Å². The molecule has 5 heteroatoms. The summed E-state index contributed by atoms with van der Waals surface area (Å²) in [7, 11) is 1.55. The molecular formula is C15H15N3O2. The fraction of sp³-hybridized carbons (Fsp3) is 0.267. The highest BCUT2D eigenvalue weighted by Gasteiger charge is 2.22. The number of aromatic nitrogens is 2. The van der Waals surface area contributed by atoms with E-state index in [4.69, 9.17) is 0 Å². The van der Waals surface area contributed by atoms with E-state index in [0.29, 0.717) is 18.8 Å². The van der Waals surface area contributed by atoms with Gasteiger partial charge < -0.3 is 4.90 Å². The highest BCUT2D eigenvalue weighted by atomic mass is 16.2. The first-order chi connectivity index (χ1) is 9.65. The van der Waals surface area contributed by atoms with E-state index in [-0.39, 0.29) is 11.5 Å². The number of hydrogen-bond acceptors (Lipinski definition) is 3. The fourth-order valence-electron chi connectivity index (χ4n) is 2.45. The van der Waals surface area contributed by atoms with E-state index in [0.717, 1.165) is 6.42 Å². The molecule has 20 heavy (non-hydrogen) atoms. The molecule has 5 nitrogen and oxygen atoms in total. The van der Waals surface area contributed by atoms with Crippen molar-refractivity contribution < 1.29 is 4.79 Å². The first-order valence-electron chi connectivity index (χ1n) is 6.55. The van der Waals surface area contributed by atoms with Crippen molar-refractivity contribution in [1.82, 2.24) is 14.7 Å². The summed E-state index contributed by atoms with van der Waals surface area (Å²) in [5, 5.41) is 4.02. The SMILES string of the molecule is Cn1nc(C(=O)N2CCc3ccccc3C2)ccc1=O. The number of aryl methyl sites for hydroxylation is 1. The second-order valence-corrected chi connectivity index (χ2v) is 4.93. The van der Waals surface area contributed by atoms with Gasteiger partial charge in [0.15, 0.2) is 0 Å².